The number of nitrogens with zero attached hydrogens (tertiary/aromatic N) is 3. The van der Waals surface area contributed by atoms with E-state index < -0.39 is 0 Å². The first-order chi connectivity index (χ1) is 10.2. The van der Waals surface area contributed by atoms with E-state index in [1.165, 1.54) is 24.0 Å². The molecule has 0 amide bonds. The van der Waals surface area contributed by atoms with Crippen LogP contribution in [-0.2, 0) is 20.0 Å². The third-order valence-electron chi connectivity index (χ3n) is 4.31. The molecular formula is C17H22FN3. The lowest BCUT2D eigenvalue weighted by Crippen LogP contribution is -2.33. The summed E-state index contributed by atoms with van der Waals surface area (Å²) in [5.41, 5.74) is 2.54. The van der Waals surface area contributed by atoms with E-state index in [2.05, 4.69) is 16.2 Å². The smallest absolute Gasteiger partial charge is 0.123 e. The van der Waals surface area contributed by atoms with Gasteiger partial charge in [0.05, 0.1) is 6.20 Å². The van der Waals surface area contributed by atoms with Crippen LogP contribution in [0.1, 0.15) is 24.0 Å². The highest BCUT2D eigenvalue weighted by atomic mass is 19.1. The predicted molar refractivity (Wildman–Crippen MR) is 81.3 cm³/mol. The highest BCUT2D eigenvalue weighted by Crippen LogP contribution is 2.22. The first kappa shape index (κ1) is 14.3. The van der Waals surface area contributed by atoms with Crippen molar-refractivity contribution in [2.24, 2.45) is 13.0 Å². The molecular weight excluding hydrogens is 265 g/mol. The molecule has 0 bridgehead atoms. The molecule has 1 saturated heterocycles. The Kier molecular flexibility index (Phi) is 4.34. The summed E-state index contributed by atoms with van der Waals surface area (Å²) in [7, 11) is 1.96. The fourth-order valence-corrected chi connectivity index (χ4v) is 3.11. The van der Waals surface area contributed by atoms with Gasteiger partial charge in [-0.05, 0) is 56.0 Å². The van der Waals surface area contributed by atoms with Crippen LogP contribution in [0.25, 0.3) is 0 Å². The summed E-state index contributed by atoms with van der Waals surface area (Å²) >= 11 is 0. The van der Waals surface area contributed by atoms with Crippen molar-refractivity contribution < 1.29 is 4.39 Å². The summed E-state index contributed by atoms with van der Waals surface area (Å²) in [6, 6.07) is 6.95. The van der Waals surface area contributed by atoms with Gasteiger partial charge in [0.25, 0.3) is 0 Å². The molecule has 0 N–H and O–H groups in total. The van der Waals surface area contributed by atoms with Crippen LogP contribution in [0.5, 0.6) is 0 Å². The third-order valence-corrected chi connectivity index (χ3v) is 4.31. The van der Waals surface area contributed by atoms with Crippen LogP contribution < -0.4 is 0 Å². The largest absolute Gasteiger partial charge is 0.299 e. The van der Waals surface area contributed by atoms with Gasteiger partial charge in [0, 0.05) is 25.4 Å². The normalized spacial score (nSPS) is 17.2. The van der Waals surface area contributed by atoms with E-state index in [4.69, 9.17) is 0 Å². The van der Waals surface area contributed by atoms with Crippen LogP contribution in [0.2, 0.25) is 0 Å². The Morgan fingerprint density at radius 1 is 1.14 bits per heavy atom. The second kappa shape index (κ2) is 6.39. The van der Waals surface area contributed by atoms with Gasteiger partial charge >= 0.3 is 0 Å². The Morgan fingerprint density at radius 3 is 2.48 bits per heavy atom. The molecule has 4 heteroatoms. The van der Waals surface area contributed by atoms with E-state index in [9.17, 15) is 4.39 Å². The molecule has 0 radical (unpaired) electrons. The minimum Gasteiger partial charge on any atom is -0.299 e. The van der Waals surface area contributed by atoms with Crippen molar-refractivity contribution in [3.63, 3.8) is 0 Å². The molecule has 0 atom stereocenters. The fourth-order valence-electron chi connectivity index (χ4n) is 3.11. The highest BCUT2D eigenvalue weighted by molar-refractivity contribution is 5.16. The Hall–Kier alpha value is -1.68. The fraction of sp³-hybridized carbons (Fsp3) is 0.471. The van der Waals surface area contributed by atoms with Crippen LogP contribution in [-0.4, -0.2) is 27.8 Å². The minimum atomic E-state index is -0.148. The number of halogens is 1. The van der Waals surface area contributed by atoms with E-state index in [1.54, 1.807) is 12.1 Å². The number of rotatable bonds is 4. The SMILES string of the molecule is Cn1cc(CN2CCC(Cc3ccc(F)cc3)CC2)cn1. The lowest BCUT2D eigenvalue weighted by Gasteiger charge is -2.31. The number of hydrogen-bond acceptors (Lipinski definition) is 2. The Labute approximate surface area is 125 Å². The zero-order chi connectivity index (χ0) is 14.7. The molecule has 1 aromatic carbocycles. The van der Waals surface area contributed by atoms with E-state index in [1.807, 2.05) is 30.1 Å². The summed E-state index contributed by atoms with van der Waals surface area (Å²) in [6.45, 7) is 3.28. The molecule has 0 aliphatic carbocycles. The summed E-state index contributed by atoms with van der Waals surface area (Å²) in [5, 5.41) is 4.22. The van der Waals surface area contributed by atoms with Gasteiger partial charge in [-0.2, -0.15) is 5.10 Å². The summed E-state index contributed by atoms with van der Waals surface area (Å²) < 4.78 is 14.8. The van der Waals surface area contributed by atoms with E-state index in [-0.39, 0.29) is 5.82 Å². The zero-order valence-corrected chi connectivity index (χ0v) is 12.5. The van der Waals surface area contributed by atoms with Gasteiger partial charge in [0.15, 0.2) is 0 Å². The van der Waals surface area contributed by atoms with Gasteiger partial charge in [-0.1, -0.05) is 12.1 Å². The van der Waals surface area contributed by atoms with Crippen molar-refractivity contribution in [2.75, 3.05) is 13.1 Å². The molecule has 0 saturated carbocycles. The average Bonchev–Trinajstić information content (AvgIpc) is 2.89. The van der Waals surface area contributed by atoms with Crippen LogP contribution in [0.15, 0.2) is 36.7 Å². The minimum absolute atomic E-state index is 0.148. The summed E-state index contributed by atoms with van der Waals surface area (Å²) in [4.78, 5) is 2.50. The maximum Gasteiger partial charge on any atom is 0.123 e. The van der Waals surface area contributed by atoms with Crippen LogP contribution in [0, 0.1) is 11.7 Å². The lowest BCUT2D eigenvalue weighted by molar-refractivity contribution is 0.177. The molecule has 1 aliphatic rings. The molecule has 1 aliphatic heterocycles. The van der Waals surface area contributed by atoms with Gasteiger partial charge in [-0.25, -0.2) is 4.39 Å². The molecule has 0 spiro atoms. The van der Waals surface area contributed by atoms with Crippen LogP contribution in [0.4, 0.5) is 4.39 Å². The number of aryl methyl sites for hydroxylation is 1. The van der Waals surface area contributed by atoms with Crippen molar-refractivity contribution in [3.8, 4) is 0 Å². The monoisotopic (exact) mass is 287 g/mol. The molecule has 2 heterocycles. The molecule has 112 valence electrons. The van der Waals surface area contributed by atoms with Crippen molar-refractivity contribution in [2.45, 2.75) is 25.8 Å². The Bertz CT molecular complexity index is 568. The number of hydrogen-bond donors (Lipinski definition) is 0. The van der Waals surface area contributed by atoms with Gasteiger partial charge < -0.3 is 0 Å². The topological polar surface area (TPSA) is 21.1 Å². The lowest BCUT2D eigenvalue weighted by atomic mass is 9.90. The number of piperidine rings is 1. The standard InChI is InChI=1S/C17H22FN3/c1-20-12-16(11-19-20)13-21-8-6-15(7-9-21)10-14-2-4-17(18)5-3-14/h2-5,11-12,15H,6-10,13H2,1H3. The second-order valence-corrected chi connectivity index (χ2v) is 6.07. The molecule has 3 nitrogen and oxygen atoms in total. The highest BCUT2D eigenvalue weighted by Gasteiger charge is 2.19. The number of benzene rings is 1. The molecule has 3 rings (SSSR count). The van der Waals surface area contributed by atoms with Crippen LogP contribution >= 0.6 is 0 Å². The average molecular weight is 287 g/mol. The maximum absolute atomic E-state index is 12.9. The van der Waals surface area contributed by atoms with E-state index in [0.717, 1.165) is 32.0 Å². The number of aromatic nitrogens is 2. The predicted octanol–water partition coefficient (Wildman–Crippen LogP) is 3.01. The van der Waals surface area contributed by atoms with Gasteiger partial charge in [0.1, 0.15) is 5.82 Å². The van der Waals surface area contributed by atoms with Gasteiger partial charge in [-0.15, -0.1) is 0 Å². The Balaban J connectivity index is 1.47. The number of likely N-dealkylation sites (tertiary alicyclic amines) is 1. The quantitative estimate of drug-likeness (QED) is 0.862. The molecule has 2 aromatic rings. The second-order valence-electron chi connectivity index (χ2n) is 6.07. The molecule has 0 unspecified atom stereocenters. The van der Waals surface area contributed by atoms with Gasteiger partial charge in [0.2, 0.25) is 0 Å². The van der Waals surface area contributed by atoms with Crippen molar-refractivity contribution in [1.29, 1.82) is 0 Å². The first-order valence-electron chi connectivity index (χ1n) is 7.63. The molecule has 21 heavy (non-hydrogen) atoms. The molecule has 1 aromatic heterocycles. The summed E-state index contributed by atoms with van der Waals surface area (Å²) in [6.07, 6.45) is 7.55. The van der Waals surface area contributed by atoms with Crippen molar-refractivity contribution >= 4 is 0 Å². The van der Waals surface area contributed by atoms with E-state index >= 15 is 0 Å². The van der Waals surface area contributed by atoms with Gasteiger partial charge in [-0.3, -0.25) is 9.58 Å². The zero-order valence-electron chi connectivity index (χ0n) is 12.5. The molecule has 1 fully saturated rings. The maximum atomic E-state index is 12.9. The Morgan fingerprint density at radius 2 is 1.86 bits per heavy atom. The first-order valence-corrected chi connectivity index (χ1v) is 7.63. The van der Waals surface area contributed by atoms with Crippen molar-refractivity contribution in [1.82, 2.24) is 14.7 Å². The van der Waals surface area contributed by atoms with Crippen LogP contribution in [0.3, 0.4) is 0 Å². The third kappa shape index (κ3) is 3.91. The summed E-state index contributed by atoms with van der Waals surface area (Å²) in [5.74, 6) is 0.575. The van der Waals surface area contributed by atoms with E-state index in [0.29, 0.717) is 0 Å². The van der Waals surface area contributed by atoms with Crippen molar-refractivity contribution in [3.05, 3.63) is 53.6 Å².